The predicted molar refractivity (Wildman–Crippen MR) is 96.6 cm³/mol. The van der Waals surface area contributed by atoms with Crippen molar-refractivity contribution in [2.24, 2.45) is 5.73 Å². The molecule has 0 bridgehead atoms. The van der Waals surface area contributed by atoms with Crippen molar-refractivity contribution in [1.29, 1.82) is 0 Å². The number of carbonyl (C=O) groups is 2. The Morgan fingerprint density at radius 2 is 1.96 bits per heavy atom. The Hall–Kier alpha value is -3.02. The van der Waals surface area contributed by atoms with E-state index in [1.807, 2.05) is 18.2 Å². The molecule has 0 saturated carbocycles. The highest BCUT2D eigenvalue weighted by molar-refractivity contribution is 5.95. The molecule has 1 aliphatic rings. The molecule has 3 rings (SSSR count). The lowest BCUT2D eigenvalue weighted by Gasteiger charge is -2.30. The number of benzene rings is 2. The van der Waals surface area contributed by atoms with E-state index in [9.17, 15) is 9.59 Å². The first-order valence-corrected chi connectivity index (χ1v) is 8.26. The Morgan fingerprint density at radius 3 is 2.76 bits per heavy atom. The maximum atomic E-state index is 12.6. The molecular formula is C19H21N3O3. The van der Waals surface area contributed by atoms with Crippen LogP contribution in [0.25, 0.3) is 0 Å². The fourth-order valence-electron chi connectivity index (χ4n) is 3.04. The average Bonchev–Trinajstić information content (AvgIpc) is 2.62. The number of nitrogens with zero attached hydrogens (tertiary/aromatic N) is 1. The molecule has 2 aromatic carbocycles. The maximum Gasteiger partial charge on any atom is 0.248 e. The average molecular weight is 339 g/mol. The van der Waals surface area contributed by atoms with E-state index in [-0.39, 0.29) is 18.9 Å². The standard InChI is InChI=1S/C19H21N3O3/c20-16-7-2-8-17-15(16)6-3-10-22(17)18(23)9-11-25-14-5-1-4-13(12-14)19(21)24/h1-2,4-5,7-8,12H,3,6,9-11,20H2,(H2,21,24). The molecule has 1 heterocycles. The molecule has 130 valence electrons. The summed E-state index contributed by atoms with van der Waals surface area (Å²) in [5.74, 6) is 0.00836. The number of fused-ring (bicyclic) bond motifs is 1. The first kappa shape index (κ1) is 16.8. The molecule has 2 aromatic rings. The second kappa shape index (κ2) is 7.25. The molecule has 25 heavy (non-hydrogen) atoms. The molecule has 0 spiro atoms. The van der Waals surface area contributed by atoms with Gasteiger partial charge in [0.25, 0.3) is 0 Å². The van der Waals surface area contributed by atoms with Crippen LogP contribution in [0.3, 0.4) is 0 Å². The summed E-state index contributed by atoms with van der Waals surface area (Å²) < 4.78 is 5.59. The molecule has 1 aliphatic heterocycles. The van der Waals surface area contributed by atoms with Crippen molar-refractivity contribution in [3.8, 4) is 5.75 Å². The number of nitrogens with two attached hydrogens (primary N) is 2. The Labute approximate surface area is 146 Å². The highest BCUT2D eigenvalue weighted by atomic mass is 16.5. The number of carbonyl (C=O) groups excluding carboxylic acids is 2. The summed E-state index contributed by atoms with van der Waals surface area (Å²) >= 11 is 0. The number of anilines is 2. The van der Waals surface area contributed by atoms with Gasteiger partial charge >= 0.3 is 0 Å². The first-order valence-electron chi connectivity index (χ1n) is 8.26. The van der Waals surface area contributed by atoms with E-state index in [0.29, 0.717) is 17.9 Å². The highest BCUT2D eigenvalue weighted by Gasteiger charge is 2.23. The van der Waals surface area contributed by atoms with Crippen molar-refractivity contribution in [2.45, 2.75) is 19.3 Å². The van der Waals surface area contributed by atoms with Gasteiger partial charge in [0.2, 0.25) is 11.8 Å². The van der Waals surface area contributed by atoms with Gasteiger partial charge in [0.1, 0.15) is 5.75 Å². The summed E-state index contributed by atoms with van der Waals surface area (Å²) in [6.45, 7) is 0.918. The second-order valence-corrected chi connectivity index (χ2v) is 5.98. The van der Waals surface area contributed by atoms with Gasteiger partial charge in [0, 0.05) is 23.5 Å². The summed E-state index contributed by atoms with van der Waals surface area (Å²) in [7, 11) is 0. The van der Waals surface area contributed by atoms with Crippen LogP contribution in [-0.4, -0.2) is 25.0 Å². The van der Waals surface area contributed by atoms with Gasteiger partial charge in [-0.1, -0.05) is 12.1 Å². The van der Waals surface area contributed by atoms with E-state index in [2.05, 4.69) is 0 Å². The second-order valence-electron chi connectivity index (χ2n) is 5.98. The lowest BCUT2D eigenvalue weighted by atomic mass is 9.99. The van der Waals surface area contributed by atoms with Crippen LogP contribution in [0.15, 0.2) is 42.5 Å². The Kier molecular flexibility index (Phi) is 4.88. The van der Waals surface area contributed by atoms with E-state index in [0.717, 1.165) is 29.8 Å². The smallest absolute Gasteiger partial charge is 0.248 e. The molecule has 6 heteroatoms. The van der Waals surface area contributed by atoms with E-state index in [4.69, 9.17) is 16.2 Å². The van der Waals surface area contributed by atoms with E-state index in [1.54, 1.807) is 29.2 Å². The quantitative estimate of drug-likeness (QED) is 0.815. The molecule has 0 aliphatic carbocycles. The number of primary amides is 1. The van der Waals surface area contributed by atoms with Gasteiger partial charge < -0.3 is 21.1 Å². The largest absolute Gasteiger partial charge is 0.493 e. The summed E-state index contributed by atoms with van der Waals surface area (Å²) in [5, 5.41) is 0. The van der Waals surface area contributed by atoms with Gasteiger partial charge in [0.15, 0.2) is 0 Å². The Bertz CT molecular complexity index is 804. The minimum absolute atomic E-state index is 0.00222. The van der Waals surface area contributed by atoms with Gasteiger partial charge in [-0.25, -0.2) is 0 Å². The van der Waals surface area contributed by atoms with Crippen molar-refractivity contribution in [2.75, 3.05) is 23.8 Å². The van der Waals surface area contributed by atoms with Gasteiger partial charge in [-0.2, -0.15) is 0 Å². The third-order valence-electron chi connectivity index (χ3n) is 4.29. The van der Waals surface area contributed by atoms with Gasteiger partial charge in [-0.05, 0) is 48.7 Å². The molecule has 0 saturated heterocycles. The van der Waals surface area contributed by atoms with Crippen LogP contribution in [-0.2, 0) is 11.2 Å². The normalized spacial score (nSPS) is 13.2. The van der Waals surface area contributed by atoms with Crippen LogP contribution >= 0.6 is 0 Å². The summed E-state index contributed by atoms with van der Waals surface area (Å²) in [6.07, 6.45) is 2.03. The number of amides is 2. The maximum absolute atomic E-state index is 12.6. The highest BCUT2D eigenvalue weighted by Crippen LogP contribution is 2.31. The van der Waals surface area contributed by atoms with E-state index < -0.39 is 5.91 Å². The van der Waals surface area contributed by atoms with Gasteiger partial charge in [-0.15, -0.1) is 0 Å². The molecule has 0 fully saturated rings. The minimum Gasteiger partial charge on any atom is -0.493 e. The zero-order chi connectivity index (χ0) is 17.8. The molecule has 0 atom stereocenters. The number of rotatable bonds is 5. The monoisotopic (exact) mass is 339 g/mol. The number of hydrogen-bond acceptors (Lipinski definition) is 4. The molecule has 4 N–H and O–H groups in total. The van der Waals surface area contributed by atoms with Crippen LogP contribution in [0.2, 0.25) is 0 Å². The van der Waals surface area contributed by atoms with Gasteiger partial charge in [-0.3, -0.25) is 9.59 Å². The lowest BCUT2D eigenvalue weighted by Crippen LogP contribution is -2.36. The van der Waals surface area contributed by atoms with E-state index in [1.165, 1.54) is 0 Å². The van der Waals surface area contributed by atoms with Crippen molar-refractivity contribution < 1.29 is 14.3 Å². The van der Waals surface area contributed by atoms with Crippen molar-refractivity contribution >= 4 is 23.2 Å². The van der Waals surface area contributed by atoms with Crippen molar-refractivity contribution in [3.05, 3.63) is 53.6 Å². The van der Waals surface area contributed by atoms with Crippen molar-refractivity contribution in [1.82, 2.24) is 0 Å². The van der Waals surface area contributed by atoms with Crippen LogP contribution in [0.1, 0.15) is 28.8 Å². The zero-order valence-corrected chi connectivity index (χ0v) is 13.9. The zero-order valence-electron chi connectivity index (χ0n) is 13.9. The minimum atomic E-state index is -0.510. The van der Waals surface area contributed by atoms with Crippen LogP contribution in [0.4, 0.5) is 11.4 Å². The predicted octanol–water partition coefficient (Wildman–Crippen LogP) is 2.12. The molecular weight excluding hydrogens is 318 g/mol. The first-order chi connectivity index (χ1) is 12.1. The topological polar surface area (TPSA) is 98.7 Å². The molecule has 6 nitrogen and oxygen atoms in total. The fourth-order valence-corrected chi connectivity index (χ4v) is 3.04. The van der Waals surface area contributed by atoms with Crippen molar-refractivity contribution in [3.63, 3.8) is 0 Å². The van der Waals surface area contributed by atoms with Crippen LogP contribution in [0.5, 0.6) is 5.75 Å². The van der Waals surface area contributed by atoms with Crippen LogP contribution < -0.4 is 21.1 Å². The fraction of sp³-hybridized carbons (Fsp3) is 0.263. The van der Waals surface area contributed by atoms with Crippen LogP contribution in [0, 0.1) is 0 Å². The molecule has 0 aromatic heterocycles. The lowest BCUT2D eigenvalue weighted by molar-refractivity contribution is -0.119. The SMILES string of the molecule is NC(=O)c1cccc(OCCC(=O)N2CCCc3c(N)cccc32)c1. The third-order valence-corrected chi connectivity index (χ3v) is 4.29. The third kappa shape index (κ3) is 3.74. The van der Waals surface area contributed by atoms with Gasteiger partial charge in [0.05, 0.1) is 13.0 Å². The molecule has 0 radical (unpaired) electrons. The summed E-state index contributed by atoms with van der Waals surface area (Å²) in [6, 6.07) is 12.3. The summed E-state index contributed by atoms with van der Waals surface area (Å²) in [4.78, 5) is 25.5. The Balaban J connectivity index is 1.62. The molecule has 2 amide bonds. The molecule has 0 unspecified atom stereocenters. The summed E-state index contributed by atoms with van der Waals surface area (Å²) in [5.41, 5.74) is 14.3. The number of ether oxygens (including phenoxy) is 1. The number of nitrogen functional groups attached to an aromatic ring is 1. The Morgan fingerprint density at radius 1 is 1.16 bits per heavy atom. The van der Waals surface area contributed by atoms with E-state index >= 15 is 0 Å². The number of hydrogen-bond donors (Lipinski definition) is 2.